The van der Waals surface area contributed by atoms with Crippen molar-refractivity contribution in [3.8, 4) is 23.0 Å². The fourth-order valence-corrected chi connectivity index (χ4v) is 9.62. The number of amides is 4. The summed E-state index contributed by atoms with van der Waals surface area (Å²) in [6.45, 7) is 1.35. The van der Waals surface area contributed by atoms with E-state index in [1.807, 2.05) is 121 Å². The summed E-state index contributed by atoms with van der Waals surface area (Å²) in [5.74, 6) is -4.30. The molecule has 0 spiro atoms. The highest BCUT2D eigenvalue weighted by Crippen LogP contribution is 2.48. The minimum atomic E-state index is -1.07. The number of imide groups is 2. The molecule has 408 valence electrons. The number of phenols is 1. The zero-order valence-corrected chi connectivity index (χ0v) is 42.8. The quantitative estimate of drug-likeness (QED) is 0.0612. The van der Waals surface area contributed by atoms with E-state index in [0.717, 1.165) is 32.1 Å². The third-order valence-electron chi connectivity index (χ3n) is 13.4. The summed E-state index contributed by atoms with van der Waals surface area (Å²) in [6.07, 6.45) is 3.18. The van der Waals surface area contributed by atoms with E-state index in [2.05, 4.69) is 19.9 Å². The van der Waals surface area contributed by atoms with Gasteiger partial charge in [-0.15, -0.1) is 0 Å². The Morgan fingerprint density at radius 2 is 0.780 bits per heavy atom. The van der Waals surface area contributed by atoms with Crippen LogP contribution in [0.4, 0.5) is 13.6 Å². The standard InChI is InChI=1S/C33H24FN3O6.C30H20FN3O4.CH4/c1-2-41-33(40)43-30-25-24(31(38)37(32(25)39)19-20-13-15-23(34)16-14-20)29(26-27(30)36-18-17-35-26)42-28(21-9-5-3-6-10-21)22-11-7-4-8-12-22;31-21-13-11-18(12-14-21)17-34-29(36)22-23(30(34)37)28(25-24(26(22)35)32-15-16-33-25)38-27(19-7-3-1-4-8-19)20-9-5-2-6-10-20;/h3-18,28H,2,19H2,1H3;1-16,27,35H,17H2;1H4. The number of benzene rings is 8. The van der Waals surface area contributed by atoms with Crippen molar-refractivity contribution >= 4 is 51.9 Å². The van der Waals surface area contributed by atoms with Crippen LogP contribution in [0.25, 0.3) is 22.1 Å². The Kier molecular flexibility index (Phi) is 15.8. The lowest BCUT2D eigenvalue weighted by molar-refractivity contribution is 0.0623. The molecule has 0 bridgehead atoms. The summed E-state index contributed by atoms with van der Waals surface area (Å²) in [5.41, 5.74) is 4.01. The second-order valence-corrected chi connectivity index (χ2v) is 18.4. The first-order valence-electron chi connectivity index (χ1n) is 25.4. The van der Waals surface area contributed by atoms with Crippen molar-refractivity contribution in [3.63, 3.8) is 0 Å². The highest BCUT2D eigenvalue weighted by molar-refractivity contribution is 6.27. The van der Waals surface area contributed by atoms with Crippen LogP contribution in [0.15, 0.2) is 195 Å². The summed E-state index contributed by atoms with van der Waals surface area (Å²) in [7, 11) is 0. The van der Waals surface area contributed by atoms with Gasteiger partial charge in [0.2, 0.25) is 0 Å². The number of phenolic OH excluding ortho intramolecular Hbond substituents is 1. The molecule has 0 saturated carbocycles. The number of aromatic nitrogens is 4. The average molecular weight is 1100 g/mol. The number of carbonyl (C=O) groups excluding carboxylic acids is 5. The minimum Gasteiger partial charge on any atom is -0.505 e. The summed E-state index contributed by atoms with van der Waals surface area (Å²) in [6, 6.07) is 48.6. The normalized spacial score (nSPS) is 12.5. The largest absolute Gasteiger partial charge is 0.513 e. The Labute approximate surface area is 467 Å². The molecule has 2 aliphatic rings. The Morgan fingerprint density at radius 3 is 1.16 bits per heavy atom. The van der Waals surface area contributed by atoms with Crippen LogP contribution in [-0.4, -0.2) is 71.2 Å². The van der Waals surface area contributed by atoms with Crippen LogP contribution in [0, 0.1) is 11.6 Å². The van der Waals surface area contributed by atoms with Gasteiger partial charge in [0, 0.05) is 24.8 Å². The molecule has 8 aromatic carbocycles. The average Bonchev–Trinajstić information content (AvgIpc) is 3.69. The second-order valence-electron chi connectivity index (χ2n) is 18.4. The maximum absolute atomic E-state index is 14.1. The fraction of sp³-hybridized carbons (Fsp3) is 0.109. The van der Waals surface area contributed by atoms with Gasteiger partial charge in [0.05, 0.1) is 19.7 Å². The molecule has 10 aromatic rings. The van der Waals surface area contributed by atoms with E-state index in [4.69, 9.17) is 18.9 Å². The molecule has 1 N–H and O–H groups in total. The van der Waals surface area contributed by atoms with E-state index < -0.39 is 59.4 Å². The molecule has 2 aromatic heterocycles. The summed E-state index contributed by atoms with van der Waals surface area (Å²) >= 11 is 0. The van der Waals surface area contributed by atoms with Crippen molar-refractivity contribution in [3.05, 3.63) is 262 Å². The van der Waals surface area contributed by atoms with Gasteiger partial charge in [0.15, 0.2) is 23.0 Å². The van der Waals surface area contributed by atoms with Gasteiger partial charge in [-0.2, -0.15) is 0 Å². The molecule has 0 atom stereocenters. The second kappa shape index (κ2) is 23.7. The predicted octanol–water partition coefficient (Wildman–Crippen LogP) is 12.3. The molecule has 18 heteroatoms. The van der Waals surface area contributed by atoms with Crippen molar-refractivity contribution in [2.24, 2.45) is 0 Å². The molecule has 4 heterocycles. The van der Waals surface area contributed by atoms with Crippen molar-refractivity contribution in [2.75, 3.05) is 6.61 Å². The number of halogens is 2. The first kappa shape index (κ1) is 54.6. The Balaban J connectivity index is 0.000000183. The molecule has 0 fully saturated rings. The van der Waals surface area contributed by atoms with Crippen LogP contribution in [0.1, 0.15) is 101 Å². The molecule has 0 aliphatic carbocycles. The molecular weight excluding hydrogens is 1050 g/mol. The zero-order valence-electron chi connectivity index (χ0n) is 42.8. The lowest BCUT2D eigenvalue weighted by atomic mass is 10.00. The monoisotopic (exact) mass is 1100 g/mol. The van der Waals surface area contributed by atoms with Gasteiger partial charge >= 0.3 is 6.16 Å². The molecule has 2 aliphatic heterocycles. The lowest BCUT2D eigenvalue weighted by Gasteiger charge is -2.23. The van der Waals surface area contributed by atoms with E-state index in [1.165, 1.54) is 73.3 Å². The van der Waals surface area contributed by atoms with Crippen LogP contribution in [0.3, 0.4) is 0 Å². The number of carbonyl (C=O) groups is 5. The van der Waals surface area contributed by atoms with E-state index in [-0.39, 0.29) is 88.7 Å². The first-order chi connectivity index (χ1) is 39.5. The Hall–Kier alpha value is -10.8. The van der Waals surface area contributed by atoms with Crippen molar-refractivity contribution in [2.45, 2.75) is 39.6 Å². The lowest BCUT2D eigenvalue weighted by Crippen LogP contribution is -2.29. The highest BCUT2D eigenvalue weighted by Gasteiger charge is 2.46. The topological polar surface area (TPSA) is 201 Å². The van der Waals surface area contributed by atoms with Gasteiger partial charge in [0.25, 0.3) is 23.6 Å². The maximum atomic E-state index is 14.1. The molecule has 12 rings (SSSR count). The Bertz CT molecular complexity index is 3950. The highest BCUT2D eigenvalue weighted by atomic mass is 19.1. The van der Waals surface area contributed by atoms with Crippen molar-refractivity contribution < 1.29 is 56.8 Å². The van der Waals surface area contributed by atoms with Crippen molar-refractivity contribution in [1.29, 1.82) is 0 Å². The SMILES string of the molecule is C.CCOC(=O)Oc1c2c(c(OC(c3ccccc3)c3ccccc3)c3nccnc13)C(=O)N(Cc1ccc(F)cc1)C2=O.O=C1c2c(c(OC(c3ccccc3)c3ccccc3)c3nccnc3c2O)C(=O)N1Cc1ccc(F)cc1. The molecular formula is C64H48F2N6O10. The van der Waals surface area contributed by atoms with Crippen LogP contribution in [-0.2, 0) is 17.8 Å². The Morgan fingerprint density at radius 1 is 0.463 bits per heavy atom. The van der Waals surface area contributed by atoms with E-state index in [0.29, 0.717) is 11.1 Å². The predicted molar refractivity (Wildman–Crippen MR) is 297 cm³/mol. The third-order valence-corrected chi connectivity index (χ3v) is 13.4. The number of hydrogen-bond donors (Lipinski definition) is 1. The van der Waals surface area contributed by atoms with Crippen LogP contribution >= 0.6 is 0 Å². The molecule has 16 nitrogen and oxygen atoms in total. The van der Waals surface area contributed by atoms with Crippen molar-refractivity contribution in [1.82, 2.24) is 29.7 Å². The number of rotatable bonds is 14. The first-order valence-corrected chi connectivity index (χ1v) is 25.4. The number of ether oxygens (including phenoxy) is 4. The number of fused-ring (bicyclic) bond motifs is 4. The van der Waals surface area contributed by atoms with E-state index in [9.17, 15) is 37.9 Å². The van der Waals surface area contributed by atoms with Gasteiger partial charge in [-0.1, -0.05) is 153 Å². The number of nitrogens with zero attached hydrogens (tertiary/aromatic N) is 6. The van der Waals surface area contributed by atoms with Crippen LogP contribution in [0.5, 0.6) is 23.0 Å². The molecule has 0 unspecified atom stereocenters. The molecule has 82 heavy (non-hydrogen) atoms. The summed E-state index contributed by atoms with van der Waals surface area (Å²) < 4.78 is 50.7. The number of aromatic hydroxyl groups is 1. The van der Waals surface area contributed by atoms with Gasteiger partial charge in [-0.25, -0.2) is 33.5 Å². The third kappa shape index (κ3) is 10.6. The van der Waals surface area contributed by atoms with Gasteiger partial charge in [0.1, 0.15) is 68.2 Å². The van der Waals surface area contributed by atoms with Gasteiger partial charge in [-0.05, 0) is 64.6 Å². The smallest absolute Gasteiger partial charge is 0.505 e. The number of hydrogen-bond acceptors (Lipinski definition) is 14. The van der Waals surface area contributed by atoms with E-state index >= 15 is 0 Å². The summed E-state index contributed by atoms with van der Waals surface area (Å²) in [4.78, 5) is 87.2. The van der Waals surface area contributed by atoms with E-state index in [1.54, 1.807) is 6.92 Å². The van der Waals surface area contributed by atoms with Gasteiger partial charge in [-0.3, -0.25) is 29.0 Å². The van der Waals surface area contributed by atoms with Crippen LogP contribution < -0.4 is 14.2 Å². The molecule has 0 saturated heterocycles. The zero-order chi connectivity index (χ0) is 56.1. The molecule has 0 radical (unpaired) electrons. The van der Waals surface area contributed by atoms with Gasteiger partial charge < -0.3 is 24.1 Å². The van der Waals surface area contributed by atoms with Crippen LogP contribution in [0.2, 0.25) is 0 Å². The fourth-order valence-electron chi connectivity index (χ4n) is 9.62. The molecule has 4 amide bonds. The summed E-state index contributed by atoms with van der Waals surface area (Å²) in [5, 5.41) is 11.1. The maximum Gasteiger partial charge on any atom is 0.513 e. The minimum absolute atomic E-state index is 0.